The summed E-state index contributed by atoms with van der Waals surface area (Å²) >= 11 is 10.6. The van der Waals surface area contributed by atoms with Crippen LogP contribution in [0.25, 0.3) is 0 Å². The Balaban J connectivity index is 0. The van der Waals surface area contributed by atoms with Gasteiger partial charge in [-0.2, -0.15) is 0 Å². The van der Waals surface area contributed by atoms with Crippen molar-refractivity contribution in [3.8, 4) is 0 Å². The number of nitrogens with two attached hydrogens (primary N) is 1. The van der Waals surface area contributed by atoms with Gasteiger partial charge in [-0.1, -0.05) is 0 Å². The Morgan fingerprint density at radius 2 is 2.09 bits per heavy atom. The average molecular weight is 221 g/mol. The van der Waals surface area contributed by atoms with Crippen molar-refractivity contribution in [1.82, 2.24) is 4.84 Å². The molecule has 0 atom stereocenters. The van der Waals surface area contributed by atoms with E-state index in [1.54, 1.807) is 0 Å². The van der Waals surface area contributed by atoms with Crippen molar-refractivity contribution in [1.29, 1.82) is 0 Å². The maximum absolute atomic E-state index is 5.43. The third-order valence-electron chi connectivity index (χ3n) is 0.921. The second-order valence-electron chi connectivity index (χ2n) is 1.76. The molecule has 3 N–H and O–H groups in total. The summed E-state index contributed by atoms with van der Waals surface area (Å²) in [6, 6.07) is 0. The van der Waals surface area contributed by atoms with Gasteiger partial charge in [-0.3, -0.25) is 9.83 Å². The van der Waals surface area contributed by atoms with Gasteiger partial charge < -0.3 is 5.73 Å². The second-order valence-corrected chi connectivity index (χ2v) is 2.32. The number of aliphatic imine (C=N–C) groups is 1. The van der Waals surface area contributed by atoms with Crippen molar-refractivity contribution in [3.63, 3.8) is 0 Å². The molecule has 0 aromatic heterocycles. The van der Waals surface area contributed by atoms with Crippen LogP contribution in [0.15, 0.2) is 4.99 Å². The number of unbranched alkanes of at least 4 members (excludes halogenated alkanes) is 1. The first-order chi connectivity index (χ1) is 4.81. The number of nitrogens with zero attached hydrogens (tertiary/aromatic N) is 1. The van der Waals surface area contributed by atoms with E-state index >= 15 is 0 Å². The molecule has 11 heavy (non-hydrogen) atoms. The lowest BCUT2D eigenvalue weighted by Crippen LogP contribution is -2.23. The summed E-state index contributed by atoms with van der Waals surface area (Å²) in [5.74, 6) is 0.931. The number of halogens is 3. The molecule has 0 aliphatic carbocycles. The molecule has 0 bridgehead atoms. The molecule has 0 fully saturated rings. The molecule has 6 heteroatoms. The smallest absolute Gasteiger partial charge is 0.203 e. The van der Waals surface area contributed by atoms with Gasteiger partial charge in [0.2, 0.25) is 5.96 Å². The summed E-state index contributed by atoms with van der Waals surface area (Å²) in [6.07, 6.45) is 1.91. The van der Waals surface area contributed by atoms with E-state index in [9.17, 15) is 0 Å². The molecule has 0 amide bonds. The van der Waals surface area contributed by atoms with Gasteiger partial charge in [0.05, 0.1) is 0 Å². The average Bonchev–Trinajstić information content (AvgIpc) is 1.98. The number of rotatable bonds is 4. The highest BCUT2D eigenvalue weighted by atomic mass is 35.5. The fraction of sp³-hybridized carbons (Fsp3) is 0.800. The van der Waals surface area contributed by atoms with Crippen LogP contribution < -0.4 is 10.6 Å². The number of alkyl halides is 1. The van der Waals surface area contributed by atoms with Gasteiger partial charge in [0, 0.05) is 24.2 Å². The van der Waals surface area contributed by atoms with Crippen LogP contribution >= 0.6 is 35.8 Å². The van der Waals surface area contributed by atoms with E-state index in [1.807, 2.05) is 0 Å². The Morgan fingerprint density at radius 1 is 1.45 bits per heavy atom. The molecule has 0 spiro atoms. The zero-order chi connectivity index (χ0) is 7.82. The monoisotopic (exact) mass is 219 g/mol. The minimum absolute atomic E-state index is 0. The van der Waals surface area contributed by atoms with Gasteiger partial charge in [-0.25, -0.2) is 0 Å². The number of hydrogen-bond acceptors (Lipinski definition) is 1. The van der Waals surface area contributed by atoms with Gasteiger partial charge in [0.25, 0.3) is 0 Å². The SMILES string of the molecule is Cl.NC(=NCCCCCl)NCl. The topological polar surface area (TPSA) is 50.4 Å². The van der Waals surface area contributed by atoms with Crippen LogP contribution in [0.5, 0.6) is 0 Å². The van der Waals surface area contributed by atoms with Crippen LogP contribution in [-0.4, -0.2) is 18.4 Å². The lowest BCUT2D eigenvalue weighted by Gasteiger charge is -1.95. The lowest BCUT2D eigenvalue weighted by atomic mass is 10.3. The molecule has 0 aliphatic rings. The first-order valence-corrected chi connectivity index (χ1v) is 3.95. The van der Waals surface area contributed by atoms with Crippen LogP contribution in [-0.2, 0) is 0 Å². The molecule has 0 aromatic rings. The molecule has 0 rings (SSSR count). The van der Waals surface area contributed by atoms with Crippen molar-refractivity contribution in [2.24, 2.45) is 10.7 Å². The highest BCUT2D eigenvalue weighted by Gasteiger charge is 1.86. The predicted molar refractivity (Wildman–Crippen MR) is 52.7 cm³/mol. The van der Waals surface area contributed by atoms with Crippen LogP contribution in [0.4, 0.5) is 0 Å². The zero-order valence-electron chi connectivity index (χ0n) is 6.02. The molecule has 68 valence electrons. The lowest BCUT2D eigenvalue weighted by molar-refractivity contribution is 0.809. The summed E-state index contributed by atoms with van der Waals surface area (Å²) in [7, 11) is 0. The van der Waals surface area contributed by atoms with Crippen molar-refractivity contribution < 1.29 is 0 Å². The van der Waals surface area contributed by atoms with E-state index in [4.69, 9.17) is 29.1 Å². The summed E-state index contributed by atoms with van der Waals surface area (Å²) in [5.41, 5.74) is 5.23. The second kappa shape index (κ2) is 10.1. The molecule has 0 heterocycles. The Bertz CT molecular complexity index is 107. The standard InChI is InChI=1S/C5H11Cl2N3.ClH/c6-3-1-2-4-9-5(8)10-7;/h1-4H2,(H3,8,9,10);1H. The maximum atomic E-state index is 5.43. The summed E-state index contributed by atoms with van der Waals surface area (Å²) in [6.45, 7) is 0.679. The summed E-state index contributed by atoms with van der Waals surface area (Å²) < 4.78 is 0. The van der Waals surface area contributed by atoms with Crippen LogP contribution in [0.2, 0.25) is 0 Å². The number of nitrogens with one attached hydrogen (secondary N) is 1. The van der Waals surface area contributed by atoms with Gasteiger partial charge >= 0.3 is 0 Å². The molecule has 0 aliphatic heterocycles. The van der Waals surface area contributed by atoms with Gasteiger partial charge in [0.1, 0.15) is 0 Å². The first-order valence-electron chi connectivity index (χ1n) is 3.03. The third-order valence-corrected chi connectivity index (χ3v) is 1.38. The van der Waals surface area contributed by atoms with Crippen LogP contribution in [0.3, 0.4) is 0 Å². The highest BCUT2D eigenvalue weighted by molar-refractivity contribution is 6.21. The van der Waals surface area contributed by atoms with Crippen molar-refractivity contribution in [3.05, 3.63) is 0 Å². The van der Waals surface area contributed by atoms with Crippen LogP contribution in [0.1, 0.15) is 12.8 Å². The number of hydrogen-bond donors (Lipinski definition) is 2. The van der Waals surface area contributed by atoms with E-state index < -0.39 is 0 Å². The van der Waals surface area contributed by atoms with E-state index in [1.165, 1.54) is 0 Å². The summed E-state index contributed by atoms with van der Waals surface area (Å²) in [4.78, 5) is 6.08. The molecule has 3 nitrogen and oxygen atoms in total. The molecule has 0 saturated heterocycles. The van der Waals surface area contributed by atoms with Crippen molar-refractivity contribution >= 4 is 41.7 Å². The molecular weight excluding hydrogens is 208 g/mol. The minimum atomic E-state index is 0. The largest absolute Gasteiger partial charge is 0.369 e. The van der Waals surface area contributed by atoms with Gasteiger partial charge in [-0.15, -0.1) is 24.0 Å². The normalized spacial score (nSPS) is 10.5. The Morgan fingerprint density at radius 3 is 2.55 bits per heavy atom. The van der Waals surface area contributed by atoms with Crippen molar-refractivity contribution in [2.75, 3.05) is 12.4 Å². The fourth-order valence-electron chi connectivity index (χ4n) is 0.436. The third kappa shape index (κ3) is 10.1. The number of guanidine groups is 1. The molecule has 0 aromatic carbocycles. The Labute approximate surface area is 82.9 Å². The van der Waals surface area contributed by atoms with Crippen LogP contribution in [0, 0.1) is 0 Å². The van der Waals surface area contributed by atoms with Gasteiger partial charge in [-0.05, 0) is 12.8 Å². The van der Waals surface area contributed by atoms with Gasteiger partial charge in [0.15, 0.2) is 0 Å². The Kier molecular flexibility index (Phi) is 12.6. The zero-order valence-corrected chi connectivity index (χ0v) is 8.35. The molecule has 0 saturated carbocycles. The Hall–Kier alpha value is 0.140. The van der Waals surface area contributed by atoms with E-state index in [0.717, 1.165) is 12.8 Å². The van der Waals surface area contributed by atoms with E-state index in [0.29, 0.717) is 12.4 Å². The highest BCUT2D eigenvalue weighted by Crippen LogP contribution is 1.91. The van der Waals surface area contributed by atoms with Crippen molar-refractivity contribution in [2.45, 2.75) is 12.8 Å². The summed E-state index contributed by atoms with van der Waals surface area (Å²) in [5, 5.41) is 0. The quantitative estimate of drug-likeness (QED) is 0.248. The predicted octanol–water partition coefficient (Wildman–Crippen LogP) is 1.49. The van der Waals surface area contributed by atoms with E-state index in [-0.39, 0.29) is 18.4 Å². The molecule has 0 unspecified atom stereocenters. The fourth-order valence-corrected chi connectivity index (χ4v) is 0.684. The maximum Gasteiger partial charge on any atom is 0.203 e. The molecular formula is C5H12Cl3N3. The van der Waals surface area contributed by atoms with E-state index in [2.05, 4.69) is 9.83 Å². The first kappa shape index (κ1) is 13.7. The molecule has 0 radical (unpaired) electrons. The minimum Gasteiger partial charge on any atom is -0.369 e.